The summed E-state index contributed by atoms with van der Waals surface area (Å²) in [7, 11) is 0. The van der Waals surface area contributed by atoms with Gasteiger partial charge in [0.25, 0.3) is 0 Å². The number of halogens is 1. The molecule has 0 N–H and O–H groups in total. The quantitative estimate of drug-likeness (QED) is 0.753. The molecule has 1 saturated heterocycles. The lowest BCUT2D eigenvalue weighted by molar-refractivity contribution is 0.0546. The van der Waals surface area contributed by atoms with Gasteiger partial charge in [-0.1, -0.05) is 11.6 Å². The first-order chi connectivity index (χ1) is 6.84. The smallest absolute Gasteiger partial charge is 0.0682 e. The minimum atomic E-state index is 0.580. The van der Waals surface area contributed by atoms with Gasteiger partial charge in [0.1, 0.15) is 0 Å². The van der Waals surface area contributed by atoms with Gasteiger partial charge in [-0.3, -0.25) is 0 Å². The summed E-state index contributed by atoms with van der Waals surface area (Å²) in [5.41, 5.74) is 0.966. The molecule has 1 aromatic heterocycles. The SMILES string of the molecule is Clc1cnnc(CC2CCCOC2)c1. The Bertz CT molecular complexity index is 300. The third-order valence-electron chi connectivity index (χ3n) is 2.42. The molecule has 0 spiro atoms. The van der Waals surface area contributed by atoms with Crippen LogP contribution in [0.1, 0.15) is 18.5 Å². The lowest BCUT2D eigenvalue weighted by Crippen LogP contribution is -2.19. The van der Waals surface area contributed by atoms with Crippen LogP contribution in [0.2, 0.25) is 5.02 Å². The third kappa shape index (κ3) is 2.66. The second-order valence-corrected chi connectivity index (χ2v) is 4.09. The predicted octanol–water partition coefficient (Wildman–Crippen LogP) is 2.10. The van der Waals surface area contributed by atoms with Crippen molar-refractivity contribution in [2.45, 2.75) is 19.3 Å². The van der Waals surface area contributed by atoms with Crippen LogP contribution in [0.5, 0.6) is 0 Å². The lowest BCUT2D eigenvalue weighted by Gasteiger charge is -2.21. The van der Waals surface area contributed by atoms with Crippen LogP contribution in [0, 0.1) is 5.92 Å². The number of nitrogens with zero attached hydrogens (tertiary/aromatic N) is 2. The standard InChI is InChI=1S/C10H13ClN2O/c11-9-5-10(13-12-6-9)4-8-2-1-3-14-7-8/h5-6,8H,1-4,7H2. The molecule has 0 saturated carbocycles. The van der Waals surface area contributed by atoms with Crippen LogP contribution in [0.25, 0.3) is 0 Å². The van der Waals surface area contributed by atoms with Crippen LogP contribution in [-0.4, -0.2) is 23.4 Å². The Labute approximate surface area is 88.4 Å². The van der Waals surface area contributed by atoms with E-state index in [0.717, 1.165) is 31.7 Å². The molecule has 1 unspecified atom stereocenters. The summed E-state index contributed by atoms with van der Waals surface area (Å²) in [6.07, 6.45) is 4.85. The Hall–Kier alpha value is -0.670. The van der Waals surface area contributed by atoms with Gasteiger partial charge in [-0.15, -0.1) is 0 Å². The van der Waals surface area contributed by atoms with Gasteiger partial charge in [0.15, 0.2) is 0 Å². The van der Waals surface area contributed by atoms with E-state index in [4.69, 9.17) is 16.3 Å². The van der Waals surface area contributed by atoms with Crippen molar-refractivity contribution in [3.8, 4) is 0 Å². The zero-order valence-corrected chi connectivity index (χ0v) is 8.70. The van der Waals surface area contributed by atoms with Gasteiger partial charge in [-0.25, -0.2) is 0 Å². The molecule has 1 aromatic rings. The lowest BCUT2D eigenvalue weighted by atomic mass is 9.97. The average molecular weight is 213 g/mol. The van der Waals surface area contributed by atoms with Gasteiger partial charge in [0, 0.05) is 13.2 Å². The Morgan fingerprint density at radius 3 is 3.21 bits per heavy atom. The summed E-state index contributed by atoms with van der Waals surface area (Å²) in [5.74, 6) is 0.580. The Kier molecular flexibility index (Phi) is 3.32. The van der Waals surface area contributed by atoms with E-state index < -0.39 is 0 Å². The highest BCUT2D eigenvalue weighted by atomic mass is 35.5. The van der Waals surface area contributed by atoms with Gasteiger partial charge in [-0.2, -0.15) is 10.2 Å². The molecule has 4 heteroatoms. The monoisotopic (exact) mass is 212 g/mol. The number of aromatic nitrogens is 2. The van der Waals surface area contributed by atoms with E-state index in [9.17, 15) is 0 Å². The number of ether oxygens (including phenoxy) is 1. The first-order valence-corrected chi connectivity index (χ1v) is 5.27. The summed E-state index contributed by atoms with van der Waals surface area (Å²) in [4.78, 5) is 0. The molecular formula is C10H13ClN2O. The van der Waals surface area contributed by atoms with Crippen LogP contribution >= 0.6 is 11.6 Å². The summed E-state index contributed by atoms with van der Waals surface area (Å²) < 4.78 is 5.40. The molecule has 1 aliphatic heterocycles. The van der Waals surface area contributed by atoms with Crippen molar-refractivity contribution >= 4 is 11.6 Å². The van der Waals surface area contributed by atoms with E-state index in [-0.39, 0.29) is 0 Å². The van der Waals surface area contributed by atoms with Crippen LogP contribution in [-0.2, 0) is 11.2 Å². The molecule has 0 amide bonds. The minimum absolute atomic E-state index is 0.580. The van der Waals surface area contributed by atoms with Crippen molar-refractivity contribution < 1.29 is 4.74 Å². The second kappa shape index (κ2) is 4.71. The van der Waals surface area contributed by atoms with Crippen LogP contribution < -0.4 is 0 Å². The highest BCUT2D eigenvalue weighted by Gasteiger charge is 2.15. The first-order valence-electron chi connectivity index (χ1n) is 4.89. The maximum absolute atomic E-state index is 5.83. The van der Waals surface area contributed by atoms with Gasteiger partial charge in [0.2, 0.25) is 0 Å². The molecule has 1 fully saturated rings. The molecular weight excluding hydrogens is 200 g/mol. The van der Waals surface area contributed by atoms with Gasteiger partial charge < -0.3 is 4.74 Å². The predicted molar refractivity (Wildman–Crippen MR) is 54.3 cm³/mol. The van der Waals surface area contributed by atoms with Gasteiger partial charge >= 0.3 is 0 Å². The molecule has 2 heterocycles. The van der Waals surface area contributed by atoms with Crippen molar-refractivity contribution in [3.63, 3.8) is 0 Å². The van der Waals surface area contributed by atoms with E-state index in [0.29, 0.717) is 10.9 Å². The zero-order valence-electron chi connectivity index (χ0n) is 7.95. The third-order valence-corrected chi connectivity index (χ3v) is 2.63. The fourth-order valence-corrected chi connectivity index (χ4v) is 1.92. The van der Waals surface area contributed by atoms with Crippen molar-refractivity contribution in [2.24, 2.45) is 5.92 Å². The highest BCUT2D eigenvalue weighted by Crippen LogP contribution is 2.18. The minimum Gasteiger partial charge on any atom is -0.381 e. The largest absolute Gasteiger partial charge is 0.381 e. The molecule has 2 rings (SSSR count). The summed E-state index contributed by atoms with van der Waals surface area (Å²) in [6.45, 7) is 1.74. The average Bonchev–Trinajstić information content (AvgIpc) is 2.19. The highest BCUT2D eigenvalue weighted by molar-refractivity contribution is 6.30. The second-order valence-electron chi connectivity index (χ2n) is 3.65. The first kappa shape index (κ1) is 9.87. The van der Waals surface area contributed by atoms with Gasteiger partial charge in [-0.05, 0) is 31.2 Å². The van der Waals surface area contributed by atoms with Crippen molar-refractivity contribution in [1.82, 2.24) is 10.2 Å². The van der Waals surface area contributed by atoms with Crippen molar-refractivity contribution in [1.29, 1.82) is 0 Å². The Morgan fingerprint density at radius 1 is 1.57 bits per heavy atom. The number of hydrogen-bond donors (Lipinski definition) is 0. The summed E-state index contributed by atoms with van der Waals surface area (Å²) in [6, 6.07) is 1.88. The van der Waals surface area contributed by atoms with E-state index in [2.05, 4.69) is 10.2 Å². The normalized spacial score (nSPS) is 22.2. The summed E-state index contributed by atoms with van der Waals surface area (Å²) in [5, 5.41) is 8.53. The van der Waals surface area contributed by atoms with Crippen LogP contribution in [0.15, 0.2) is 12.3 Å². The van der Waals surface area contributed by atoms with Crippen molar-refractivity contribution in [2.75, 3.05) is 13.2 Å². The van der Waals surface area contributed by atoms with E-state index in [1.165, 1.54) is 6.42 Å². The molecule has 76 valence electrons. The molecule has 0 bridgehead atoms. The fourth-order valence-electron chi connectivity index (χ4n) is 1.75. The Balaban J connectivity index is 1.95. The molecule has 0 aliphatic carbocycles. The van der Waals surface area contributed by atoms with Crippen LogP contribution in [0.3, 0.4) is 0 Å². The van der Waals surface area contributed by atoms with Crippen LogP contribution in [0.4, 0.5) is 0 Å². The molecule has 1 aliphatic rings. The van der Waals surface area contributed by atoms with E-state index in [1.54, 1.807) is 6.20 Å². The number of hydrogen-bond acceptors (Lipinski definition) is 3. The van der Waals surface area contributed by atoms with E-state index >= 15 is 0 Å². The maximum atomic E-state index is 5.83. The van der Waals surface area contributed by atoms with E-state index in [1.807, 2.05) is 6.07 Å². The van der Waals surface area contributed by atoms with Crippen molar-refractivity contribution in [3.05, 3.63) is 23.0 Å². The number of rotatable bonds is 2. The topological polar surface area (TPSA) is 35.0 Å². The fraction of sp³-hybridized carbons (Fsp3) is 0.600. The molecule has 0 radical (unpaired) electrons. The Morgan fingerprint density at radius 2 is 2.50 bits per heavy atom. The molecule has 0 aromatic carbocycles. The molecule has 14 heavy (non-hydrogen) atoms. The van der Waals surface area contributed by atoms with Gasteiger partial charge in [0.05, 0.1) is 16.9 Å². The molecule has 1 atom stereocenters. The zero-order chi connectivity index (χ0) is 9.80. The molecule has 3 nitrogen and oxygen atoms in total. The maximum Gasteiger partial charge on any atom is 0.0682 e. The summed E-state index contributed by atoms with van der Waals surface area (Å²) >= 11 is 5.83.